The zero-order valence-electron chi connectivity index (χ0n) is 7.39. The summed E-state index contributed by atoms with van der Waals surface area (Å²) >= 11 is 4.82. The van der Waals surface area contributed by atoms with E-state index >= 15 is 0 Å². The number of rotatable bonds is 5. The first-order valence-electron chi connectivity index (χ1n) is 4.01. The molecule has 0 N–H and O–H groups in total. The second-order valence-electron chi connectivity index (χ2n) is 2.89. The zero-order chi connectivity index (χ0) is 8.91. The van der Waals surface area contributed by atoms with E-state index in [1.807, 2.05) is 20.8 Å². The molecule has 0 bridgehead atoms. The maximum absolute atomic E-state index is 10.7. The van der Waals surface area contributed by atoms with Crippen LogP contribution in [-0.4, -0.2) is 11.7 Å². The first-order chi connectivity index (χ1) is 5.16. The van der Waals surface area contributed by atoms with E-state index in [-0.39, 0.29) is 11.3 Å². The van der Waals surface area contributed by atoms with E-state index in [1.165, 1.54) is 0 Å². The molecule has 0 aromatic heterocycles. The highest BCUT2D eigenvalue weighted by atomic mass is 32.1. The summed E-state index contributed by atoms with van der Waals surface area (Å²) in [7, 11) is 0. The van der Waals surface area contributed by atoms with Crippen molar-refractivity contribution in [3.63, 3.8) is 0 Å². The minimum Gasteiger partial charge on any atom is -0.290 e. The summed E-state index contributed by atoms with van der Waals surface area (Å²) < 4.78 is 0. The van der Waals surface area contributed by atoms with Gasteiger partial charge in [0.2, 0.25) is 6.29 Å². The Morgan fingerprint density at radius 3 is 2.09 bits per heavy atom. The Bertz CT molecular complexity index is 138. The predicted molar refractivity (Wildman–Crippen MR) is 51.5 cm³/mol. The van der Waals surface area contributed by atoms with Crippen LogP contribution in [0.1, 0.15) is 33.6 Å². The average Bonchev–Trinajstić information content (AvgIpc) is 2.08. The van der Waals surface area contributed by atoms with Crippen LogP contribution in [0.2, 0.25) is 0 Å². The van der Waals surface area contributed by atoms with Gasteiger partial charge in [-0.15, -0.1) is 0 Å². The summed E-state index contributed by atoms with van der Waals surface area (Å²) in [5, 5.41) is 1.66. The molecule has 63 valence electrons. The van der Waals surface area contributed by atoms with Crippen LogP contribution in [0.5, 0.6) is 0 Å². The highest BCUT2D eigenvalue weighted by Gasteiger charge is 2.31. The molecule has 0 saturated heterocycles. The molecular formula is C9H15OS. The third-order valence-electron chi connectivity index (χ3n) is 2.54. The number of carbonyl (C=O) groups excluding carboxylic acids is 1. The third kappa shape index (κ3) is 2.09. The van der Waals surface area contributed by atoms with Crippen molar-refractivity contribution in [1.29, 1.82) is 0 Å². The molecule has 2 heteroatoms. The van der Waals surface area contributed by atoms with E-state index < -0.39 is 0 Å². The van der Waals surface area contributed by atoms with Crippen LogP contribution in [0.15, 0.2) is 0 Å². The van der Waals surface area contributed by atoms with Crippen molar-refractivity contribution in [2.75, 3.05) is 0 Å². The van der Waals surface area contributed by atoms with Gasteiger partial charge < -0.3 is 0 Å². The van der Waals surface area contributed by atoms with Crippen molar-refractivity contribution < 1.29 is 4.79 Å². The van der Waals surface area contributed by atoms with Gasteiger partial charge in [0.15, 0.2) is 0 Å². The SMILES string of the molecule is CCC([C]=O)(CC)C(C)C=S. The van der Waals surface area contributed by atoms with Crippen molar-refractivity contribution in [1.82, 2.24) is 0 Å². The van der Waals surface area contributed by atoms with Crippen LogP contribution in [0.4, 0.5) is 0 Å². The minimum atomic E-state index is -0.332. The molecule has 0 saturated carbocycles. The highest BCUT2D eigenvalue weighted by Crippen LogP contribution is 2.31. The Labute approximate surface area is 74.2 Å². The average molecular weight is 171 g/mol. The second kappa shape index (κ2) is 4.60. The zero-order valence-corrected chi connectivity index (χ0v) is 8.20. The number of hydrogen-bond donors (Lipinski definition) is 0. The van der Waals surface area contributed by atoms with Gasteiger partial charge in [-0.3, -0.25) is 4.79 Å². The molecule has 1 radical (unpaired) electrons. The second-order valence-corrected chi connectivity index (χ2v) is 3.16. The molecule has 1 unspecified atom stereocenters. The fourth-order valence-corrected chi connectivity index (χ4v) is 1.52. The van der Waals surface area contributed by atoms with Gasteiger partial charge in [-0.25, -0.2) is 0 Å². The summed E-state index contributed by atoms with van der Waals surface area (Å²) in [5.74, 6) is 0.157. The summed E-state index contributed by atoms with van der Waals surface area (Å²) in [6.45, 7) is 5.98. The lowest BCUT2D eigenvalue weighted by Gasteiger charge is -2.28. The van der Waals surface area contributed by atoms with Gasteiger partial charge in [0.25, 0.3) is 0 Å². The molecule has 0 rings (SSSR count). The Kier molecular flexibility index (Phi) is 4.50. The lowest BCUT2D eigenvalue weighted by atomic mass is 9.74. The van der Waals surface area contributed by atoms with Crippen LogP contribution in [0, 0.1) is 11.3 Å². The van der Waals surface area contributed by atoms with Gasteiger partial charge in [0.1, 0.15) is 0 Å². The molecule has 0 aliphatic rings. The molecule has 0 aromatic carbocycles. The Balaban J connectivity index is 4.51. The summed E-state index contributed by atoms with van der Waals surface area (Å²) in [4.78, 5) is 10.7. The van der Waals surface area contributed by atoms with E-state index in [4.69, 9.17) is 12.2 Å². The topological polar surface area (TPSA) is 17.1 Å². The van der Waals surface area contributed by atoms with Gasteiger partial charge in [-0.2, -0.15) is 0 Å². The quantitative estimate of drug-likeness (QED) is 0.591. The lowest BCUT2D eigenvalue weighted by Crippen LogP contribution is -2.29. The molecule has 0 aliphatic carbocycles. The van der Waals surface area contributed by atoms with Crippen LogP contribution in [0.25, 0.3) is 0 Å². The van der Waals surface area contributed by atoms with Gasteiger partial charge in [0, 0.05) is 5.41 Å². The van der Waals surface area contributed by atoms with Crippen LogP contribution in [-0.2, 0) is 4.79 Å². The molecule has 0 aliphatic heterocycles. The van der Waals surface area contributed by atoms with E-state index in [0.29, 0.717) is 0 Å². The van der Waals surface area contributed by atoms with Crippen molar-refractivity contribution in [2.45, 2.75) is 33.6 Å². The normalized spacial score (nSPS) is 14.1. The molecule has 11 heavy (non-hydrogen) atoms. The van der Waals surface area contributed by atoms with Crippen molar-refractivity contribution >= 4 is 23.9 Å². The highest BCUT2D eigenvalue weighted by molar-refractivity contribution is 7.79. The van der Waals surface area contributed by atoms with E-state index in [1.54, 1.807) is 5.37 Å². The van der Waals surface area contributed by atoms with Gasteiger partial charge in [-0.05, 0) is 24.1 Å². The van der Waals surface area contributed by atoms with Crippen molar-refractivity contribution in [2.24, 2.45) is 11.3 Å². The molecule has 1 atom stereocenters. The summed E-state index contributed by atoms with van der Waals surface area (Å²) in [6.07, 6.45) is 3.76. The maximum atomic E-state index is 10.7. The third-order valence-corrected chi connectivity index (χ3v) is 2.95. The van der Waals surface area contributed by atoms with Gasteiger partial charge in [-0.1, -0.05) is 33.0 Å². The molecule has 0 spiro atoms. The summed E-state index contributed by atoms with van der Waals surface area (Å²) in [5.41, 5.74) is -0.332. The number of thiocarbonyl (C=S) groups is 1. The monoisotopic (exact) mass is 171 g/mol. The fraction of sp³-hybridized carbons (Fsp3) is 0.778. The maximum Gasteiger partial charge on any atom is 0.205 e. The van der Waals surface area contributed by atoms with Crippen molar-refractivity contribution in [3.8, 4) is 0 Å². The Morgan fingerprint density at radius 1 is 1.55 bits per heavy atom. The first-order valence-corrected chi connectivity index (χ1v) is 4.48. The predicted octanol–water partition coefficient (Wildman–Crippen LogP) is 2.54. The molecule has 0 amide bonds. The molecule has 0 aromatic rings. The van der Waals surface area contributed by atoms with Crippen molar-refractivity contribution in [3.05, 3.63) is 0 Å². The van der Waals surface area contributed by atoms with E-state index in [0.717, 1.165) is 12.8 Å². The van der Waals surface area contributed by atoms with Gasteiger partial charge in [0.05, 0.1) is 0 Å². The Morgan fingerprint density at radius 2 is 2.00 bits per heavy atom. The van der Waals surface area contributed by atoms with Crippen LogP contribution >= 0.6 is 12.2 Å². The van der Waals surface area contributed by atoms with E-state index in [9.17, 15) is 4.79 Å². The largest absolute Gasteiger partial charge is 0.290 e. The molecule has 0 heterocycles. The van der Waals surface area contributed by atoms with Crippen LogP contribution < -0.4 is 0 Å². The smallest absolute Gasteiger partial charge is 0.205 e. The molecule has 0 fully saturated rings. The standard InChI is InChI=1S/C9H15OS/c1-4-9(5-2,7-10)8(3)6-11/h6,8H,4-5H2,1-3H3. The van der Waals surface area contributed by atoms with E-state index in [2.05, 4.69) is 6.29 Å². The molecule has 1 nitrogen and oxygen atoms in total. The number of hydrogen-bond acceptors (Lipinski definition) is 2. The fourth-order valence-electron chi connectivity index (χ4n) is 1.26. The first kappa shape index (κ1) is 10.8. The van der Waals surface area contributed by atoms with Crippen LogP contribution in [0.3, 0.4) is 0 Å². The minimum absolute atomic E-state index is 0.157. The van der Waals surface area contributed by atoms with Gasteiger partial charge >= 0.3 is 0 Å². The molecular weight excluding hydrogens is 156 g/mol. The lowest BCUT2D eigenvalue weighted by molar-refractivity contribution is 0.306. The Hall–Kier alpha value is -0.240. The summed E-state index contributed by atoms with van der Waals surface area (Å²) in [6, 6.07) is 0.